The summed E-state index contributed by atoms with van der Waals surface area (Å²) < 4.78 is 0. The van der Waals surface area contributed by atoms with Crippen LogP contribution >= 0.6 is 0 Å². The van der Waals surface area contributed by atoms with Crippen molar-refractivity contribution in [3.63, 3.8) is 0 Å². The quantitative estimate of drug-likeness (QED) is 0.816. The van der Waals surface area contributed by atoms with E-state index in [4.69, 9.17) is 5.73 Å². The Hall–Kier alpha value is -2.00. The molecule has 0 radical (unpaired) electrons. The molecule has 2 rings (SSSR count). The molecule has 2 aromatic rings. The number of hydrogen-bond donors (Lipinski definition) is 1. The van der Waals surface area contributed by atoms with E-state index in [1.165, 1.54) is 6.20 Å². The fraction of sp³-hybridized carbons (Fsp3) is 0.143. The van der Waals surface area contributed by atoms with Gasteiger partial charge in [-0.3, -0.25) is 9.78 Å². The van der Waals surface area contributed by atoms with Crippen LogP contribution in [0.4, 0.5) is 0 Å². The van der Waals surface area contributed by atoms with E-state index in [0.29, 0.717) is 5.56 Å². The van der Waals surface area contributed by atoms with E-state index in [9.17, 15) is 4.79 Å². The average Bonchev–Trinajstić information content (AvgIpc) is 2.40. The third-order valence-corrected chi connectivity index (χ3v) is 2.77. The zero-order chi connectivity index (χ0) is 12.3. The second-order valence-corrected chi connectivity index (χ2v) is 4.14. The van der Waals surface area contributed by atoms with Crippen LogP contribution in [0.25, 0.3) is 0 Å². The Labute approximate surface area is 100 Å². The minimum absolute atomic E-state index is 0.128. The maximum Gasteiger partial charge on any atom is 0.188 e. The predicted octanol–water partition coefficient (Wildman–Crippen LogP) is 2.14. The predicted molar refractivity (Wildman–Crippen MR) is 66.5 cm³/mol. The van der Waals surface area contributed by atoms with E-state index >= 15 is 0 Å². The van der Waals surface area contributed by atoms with Crippen LogP contribution in [-0.4, -0.2) is 10.8 Å². The van der Waals surface area contributed by atoms with Crippen LogP contribution in [0.3, 0.4) is 0 Å². The smallest absolute Gasteiger partial charge is 0.188 e. The first-order valence-corrected chi connectivity index (χ1v) is 5.41. The monoisotopic (exact) mass is 226 g/mol. The molecule has 2 N–H and O–H groups in total. The van der Waals surface area contributed by atoms with Gasteiger partial charge in [0.05, 0.1) is 0 Å². The molecule has 3 nitrogen and oxygen atoms in total. The van der Waals surface area contributed by atoms with E-state index in [1.807, 2.05) is 30.3 Å². The molecule has 0 aliphatic rings. The molecule has 0 aliphatic carbocycles. The van der Waals surface area contributed by atoms with Crippen LogP contribution in [0, 0.1) is 0 Å². The molecule has 0 bridgehead atoms. The van der Waals surface area contributed by atoms with Gasteiger partial charge in [-0.2, -0.15) is 0 Å². The van der Waals surface area contributed by atoms with Crippen LogP contribution in [-0.2, 0) is 5.54 Å². The third-order valence-electron chi connectivity index (χ3n) is 2.77. The molecule has 1 aromatic carbocycles. The van der Waals surface area contributed by atoms with Gasteiger partial charge >= 0.3 is 0 Å². The molecule has 86 valence electrons. The number of carbonyl (C=O) groups excluding carboxylic acids is 1. The Morgan fingerprint density at radius 3 is 2.47 bits per heavy atom. The highest BCUT2D eigenvalue weighted by atomic mass is 16.1. The van der Waals surface area contributed by atoms with Crippen LogP contribution in [0.15, 0.2) is 54.9 Å². The maximum atomic E-state index is 12.3. The van der Waals surface area contributed by atoms with Crippen LogP contribution in [0.5, 0.6) is 0 Å². The van der Waals surface area contributed by atoms with Gasteiger partial charge in [0.15, 0.2) is 5.78 Å². The molecule has 17 heavy (non-hydrogen) atoms. The standard InChI is InChI=1S/C14H14N2O/c1-14(15,12-7-3-2-4-8-12)13(17)11-6-5-9-16-10-11/h2-10H,15H2,1H3. The fourth-order valence-corrected chi connectivity index (χ4v) is 1.71. The summed E-state index contributed by atoms with van der Waals surface area (Å²) in [4.78, 5) is 16.2. The van der Waals surface area contributed by atoms with E-state index in [2.05, 4.69) is 4.98 Å². The van der Waals surface area contributed by atoms with E-state index in [-0.39, 0.29) is 5.78 Å². The molecule has 0 saturated carbocycles. The van der Waals surface area contributed by atoms with Crippen molar-refractivity contribution in [2.45, 2.75) is 12.5 Å². The lowest BCUT2D eigenvalue weighted by atomic mass is 9.86. The zero-order valence-corrected chi connectivity index (χ0v) is 9.63. The maximum absolute atomic E-state index is 12.3. The number of Topliss-reactive ketones (excluding diaryl/α,β-unsaturated/α-hetero) is 1. The van der Waals surface area contributed by atoms with Gasteiger partial charge in [0.1, 0.15) is 5.54 Å². The van der Waals surface area contributed by atoms with Crippen molar-refractivity contribution in [2.24, 2.45) is 5.73 Å². The van der Waals surface area contributed by atoms with Crippen LogP contribution < -0.4 is 5.73 Å². The molecule has 0 amide bonds. The van der Waals surface area contributed by atoms with Gasteiger partial charge in [-0.1, -0.05) is 30.3 Å². The molecule has 1 aromatic heterocycles. The molecular formula is C14H14N2O. The second-order valence-electron chi connectivity index (χ2n) is 4.14. The van der Waals surface area contributed by atoms with E-state index in [1.54, 1.807) is 25.3 Å². The molecule has 0 spiro atoms. The SMILES string of the molecule is CC(N)(C(=O)c1cccnc1)c1ccccc1. The molecule has 0 saturated heterocycles. The van der Waals surface area contributed by atoms with Crippen LogP contribution in [0.2, 0.25) is 0 Å². The van der Waals surface area contributed by atoms with E-state index < -0.39 is 5.54 Å². The molecule has 3 heteroatoms. The molecule has 1 atom stereocenters. The summed E-state index contributed by atoms with van der Waals surface area (Å²) in [6.07, 6.45) is 3.17. The minimum atomic E-state index is -1.02. The van der Waals surface area contributed by atoms with Gasteiger partial charge in [0.2, 0.25) is 0 Å². The number of hydrogen-bond acceptors (Lipinski definition) is 3. The molecule has 0 fully saturated rings. The van der Waals surface area contributed by atoms with Gasteiger partial charge in [0, 0.05) is 18.0 Å². The normalized spacial score (nSPS) is 14.0. The first-order valence-electron chi connectivity index (χ1n) is 5.41. The van der Waals surface area contributed by atoms with Crippen molar-refractivity contribution >= 4 is 5.78 Å². The highest BCUT2D eigenvalue weighted by Crippen LogP contribution is 2.22. The van der Waals surface area contributed by atoms with Crippen molar-refractivity contribution < 1.29 is 4.79 Å². The van der Waals surface area contributed by atoms with Crippen molar-refractivity contribution in [3.8, 4) is 0 Å². The Morgan fingerprint density at radius 2 is 1.88 bits per heavy atom. The Balaban J connectivity index is 2.37. The number of aromatic nitrogens is 1. The summed E-state index contributed by atoms with van der Waals surface area (Å²) >= 11 is 0. The Bertz CT molecular complexity index is 506. The lowest BCUT2D eigenvalue weighted by Crippen LogP contribution is -2.41. The number of benzene rings is 1. The van der Waals surface area contributed by atoms with Crippen LogP contribution in [0.1, 0.15) is 22.8 Å². The lowest BCUT2D eigenvalue weighted by molar-refractivity contribution is 0.0899. The number of nitrogens with zero attached hydrogens (tertiary/aromatic N) is 1. The van der Waals surface area contributed by atoms with Gasteiger partial charge < -0.3 is 5.73 Å². The van der Waals surface area contributed by atoms with Gasteiger partial charge in [0.25, 0.3) is 0 Å². The Kier molecular flexibility index (Phi) is 3.02. The second kappa shape index (κ2) is 4.47. The topological polar surface area (TPSA) is 56.0 Å². The molecular weight excluding hydrogens is 212 g/mol. The molecule has 1 heterocycles. The summed E-state index contributed by atoms with van der Waals surface area (Å²) in [7, 11) is 0. The van der Waals surface area contributed by atoms with Crippen molar-refractivity contribution in [1.29, 1.82) is 0 Å². The summed E-state index contributed by atoms with van der Waals surface area (Å²) in [6, 6.07) is 12.8. The average molecular weight is 226 g/mol. The minimum Gasteiger partial charge on any atom is -0.315 e. The van der Waals surface area contributed by atoms with Crippen molar-refractivity contribution in [2.75, 3.05) is 0 Å². The number of rotatable bonds is 3. The highest BCUT2D eigenvalue weighted by Gasteiger charge is 2.31. The summed E-state index contributed by atoms with van der Waals surface area (Å²) in [5, 5.41) is 0. The van der Waals surface area contributed by atoms with Gasteiger partial charge in [-0.15, -0.1) is 0 Å². The first-order chi connectivity index (χ1) is 8.12. The first kappa shape index (κ1) is 11.5. The largest absolute Gasteiger partial charge is 0.315 e. The zero-order valence-electron chi connectivity index (χ0n) is 9.63. The summed E-state index contributed by atoms with van der Waals surface area (Å²) in [5.41, 5.74) is 6.44. The van der Waals surface area contributed by atoms with Gasteiger partial charge in [-0.05, 0) is 24.6 Å². The van der Waals surface area contributed by atoms with Crippen molar-refractivity contribution in [3.05, 3.63) is 66.0 Å². The Morgan fingerprint density at radius 1 is 1.18 bits per heavy atom. The number of carbonyl (C=O) groups is 1. The third kappa shape index (κ3) is 2.24. The number of nitrogens with two attached hydrogens (primary N) is 1. The molecule has 1 unspecified atom stereocenters. The van der Waals surface area contributed by atoms with Crippen molar-refractivity contribution in [1.82, 2.24) is 4.98 Å². The summed E-state index contributed by atoms with van der Waals surface area (Å²) in [6.45, 7) is 1.72. The fourth-order valence-electron chi connectivity index (χ4n) is 1.71. The summed E-state index contributed by atoms with van der Waals surface area (Å²) in [5.74, 6) is -0.128. The number of pyridine rings is 1. The lowest BCUT2D eigenvalue weighted by Gasteiger charge is -2.23. The highest BCUT2D eigenvalue weighted by molar-refractivity contribution is 6.03. The molecule has 0 aliphatic heterocycles. The van der Waals surface area contributed by atoms with E-state index in [0.717, 1.165) is 5.56 Å². The van der Waals surface area contributed by atoms with Gasteiger partial charge in [-0.25, -0.2) is 0 Å². The number of ketones is 1.